The molecule has 1 aliphatic rings. The van der Waals surface area contributed by atoms with Crippen LogP contribution in [0.15, 0.2) is 29.8 Å². The van der Waals surface area contributed by atoms with Gasteiger partial charge in [-0.15, -0.1) is 11.3 Å². The van der Waals surface area contributed by atoms with Crippen LogP contribution in [-0.4, -0.2) is 68.6 Å². The summed E-state index contributed by atoms with van der Waals surface area (Å²) in [6, 6.07) is 4.90. The largest absolute Gasteiger partial charge is 0.493 e. The lowest BCUT2D eigenvalue weighted by Gasteiger charge is -2.22. The van der Waals surface area contributed by atoms with E-state index in [1.54, 1.807) is 40.6 Å². The Balaban J connectivity index is 1.53. The van der Waals surface area contributed by atoms with Gasteiger partial charge in [0.1, 0.15) is 0 Å². The zero-order valence-electron chi connectivity index (χ0n) is 16.0. The first kappa shape index (κ1) is 19.9. The van der Waals surface area contributed by atoms with Crippen LogP contribution in [0.2, 0.25) is 0 Å². The Morgan fingerprint density at radius 3 is 2.68 bits per heavy atom. The van der Waals surface area contributed by atoms with E-state index in [-0.39, 0.29) is 18.4 Å². The van der Waals surface area contributed by atoms with Crippen LogP contribution < -0.4 is 19.7 Å². The predicted molar refractivity (Wildman–Crippen MR) is 107 cm³/mol. The van der Waals surface area contributed by atoms with Gasteiger partial charge in [-0.05, 0) is 24.6 Å². The number of hydrogen-bond donors (Lipinski definition) is 1. The Bertz CT molecular complexity index is 812. The lowest BCUT2D eigenvalue weighted by molar-refractivity contribution is -0.129. The number of thiazole rings is 1. The molecule has 150 valence electrons. The summed E-state index contributed by atoms with van der Waals surface area (Å²) >= 11 is 1.60. The average molecular weight is 404 g/mol. The smallest absolute Gasteiger partial charge is 0.251 e. The van der Waals surface area contributed by atoms with E-state index in [0.717, 1.165) is 24.6 Å². The highest BCUT2D eigenvalue weighted by Crippen LogP contribution is 2.27. The molecule has 2 amide bonds. The molecular formula is C19H24N4O4S. The fourth-order valence-electron chi connectivity index (χ4n) is 3.08. The van der Waals surface area contributed by atoms with Gasteiger partial charge in [0.25, 0.3) is 5.91 Å². The molecule has 3 rings (SSSR count). The van der Waals surface area contributed by atoms with Crippen molar-refractivity contribution in [1.29, 1.82) is 0 Å². The van der Waals surface area contributed by atoms with Crippen molar-refractivity contribution in [3.05, 3.63) is 35.3 Å². The highest BCUT2D eigenvalue weighted by atomic mass is 32.1. The molecule has 0 spiro atoms. The Hall–Kier alpha value is -2.81. The summed E-state index contributed by atoms with van der Waals surface area (Å²) < 4.78 is 10.4. The summed E-state index contributed by atoms with van der Waals surface area (Å²) in [6.45, 7) is 2.86. The molecule has 2 heterocycles. The number of rotatable bonds is 6. The van der Waals surface area contributed by atoms with Crippen LogP contribution in [0.5, 0.6) is 11.5 Å². The minimum Gasteiger partial charge on any atom is -0.493 e. The van der Waals surface area contributed by atoms with Gasteiger partial charge >= 0.3 is 0 Å². The Morgan fingerprint density at radius 2 is 1.96 bits per heavy atom. The minimum atomic E-state index is -0.325. The van der Waals surface area contributed by atoms with Crippen molar-refractivity contribution < 1.29 is 19.1 Å². The Kier molecular flexibility index (Phi) is 6.70. The molecule has 0 atom stereocenters. The molecule has 1 fully saturated rings. The van der Waals surface area contributed by atoms with Crippen molar-refractivity contribution >= 4 is 28.3 Å². The quantitative estimate of drug-likeness (QED) is 0.788. The Morgan fingerprint density at radius 1 is 1.14 bits per heavy atom. The number of anilines is 1. The standard InChI is InChI=1S/C19H24N4O4S/c1-26-15-5-4-14(12-16(15)27-2)18(25)21-13-17(24)22-7-3-8-23(10-9-22)19-20-6-11-28-19/h4-6,11-12H,3,7-10,13H2,1-2H3,(H,21,25). The zero-order chi connectivity index (χ0) is 19.9. The number of hydrogen-bond acceptors (Lipinski definition) is 7. The van der Waals surface area contributed by atoms with Crippen molar-refractivity contribution in [2.75, 3.05) is 51.8 Å². The van der Waals surface area contributed by atoms with E-state index < -0.39 is 0 Å². The van der Waals surface area contributed by atoms with Gasteiger partial charge in [-0.3, -0.25) is 9.59 Å². The third kappa shape index (κ3) is 4.72. The van der Waals surface area contributed by atoms with Crippen LogP contribution >= 0.6 is 11.3 Å². The maximum Gasteiger partial charge on any atom is 0.251 e. The van der Waals surface area contributed by atoms with E-state index in [1.807, 2.05) is 5.38 Å². The number of carbonyl (C=O) groups excluding carboxylic acids is 2. The molecule has 8 nitrogen and oxygen atoms in total. The van der Waals surface area contributed by atoms with E-state index in [2.05, 4.69) is 15.2 Å². The number of ether oxygens (including phenoxy) is 2. The number of methoxy groups -OCH3 is 2. The van der Waals surface area contributed by atoms with Crippen molar-refractivity contribution in [3.8, 4) is 11.5 Å². The molecule has 1 saturated heterocycles. The van der Waals surface area contributed by atoms with E-state index >= 15 is 0 Å². The van der Waals surface area contributed by atoms with Gasteiger partial charge in [-0.1, -0.05) is 0 Å². The molecule has 1 aliphatic heterocycles. The second-order valence-electron chi connectivity index (χ2n) is 6.29. The molecular weight excluding hydrogens is 380 g/mol. The number of aromatic nitrogens is 1. The van der Waals surface area contributed by atoms with Gasteiger partial charge in [0, 0.05) is 43.3 Å². The third-order valence-electron chi connectivity index (χ3n) is 4.58. The van der Waals surface area contributed by atoms with Crippen molar-refractivity contribution in [2.45, 2.75) is 6.42 Å². The van der Waals surface area contributed by atoms with Crippen LogP contribution in [0.4, 0.5) is 5.13 Å². The average Bonchev–Trinajstić information content (AvgIpc) is 3.15. The lowest BCUT2D eigenvalue weighted by atomic mass is 10.2. The topological polar surface area (TPSA) is 84.0 Å². The normalized spacial score (nSPS) is 14.4. The second kappa shape index (κ2) is 9.41. The third-order valence-corrected chi connectivity index (χ3v) is 5.42. The van der Waals surface area contributed by atoms with Crippen LogP contribution in [0.3, 0.4) is 0 Å². The second-order valence-corrected chi connectivity index (χ2v) is 7.16. The molecule has 9 heteroatoms. The van der Waals surface area contributed by atoms with Crippen molar-refractivity contribution in [1.82, 2.24) is 15.2 Å². The van der Waals surface area contributed by atoms with Crippen LogP contribution in [0.25, 0.3) is 0 Å². The molecule has 0 aliphatic carbocycles. The first-order valence-corrected chi connectivity index (χ1v) is 9.92. The highest BCUT2D eigenvalue weighted by molar-refractivity contribution is 7.13. The van der Waals surface area contributed by atoms with Gasteiger partial charge < -0.3 is 24.6 Å². The van der Waals surface area contributed by atoms with Crippen LogP contribution in [-0.2, 0) is 4.79 Å². The summed E-state index contributed by atoms with van der Waals surface area (Å²) in [4.78, 5) is 33.2. The summed E-state index contributed by atoms with van der Waals surface area (Å²) in [5, 5.41) is 5.63. The zero-order valence-corrected chi connectivity index (χ0v) is 16.8. The maximum atomic E-state index is 12.5. The Labute approximate surface area is 168 Å². The number of amides is 2. The molecule has 2 aromatic rings. The molecule has 0 unspecified atom stereocenters. The predicted octanol–water partition coefficient (Wildman–Crippen LogP) is 1.63. The van der Waals surface area contributed by atoms with Gasteiger partial charge in [0.05, 0.1) is 20.8 Å². The SMILES string of the molecule is COc1ccc(C(=O)NCC(=O)N2CCCN(c3nccs3)CC2)cc1OC. The van der Waals surface area contributed by atoms with Gasteiger partial charge in [-0.2, -0.15) is 0 Å². The minimum absolute atomic E-state index is 0.0373. The summed E-state index contributed by atoms with van der Waals surface area (Å²) in [7, 11) is 3.05. The fraction of sp³-hybridized carbons (Fsp3) is 0.421. The maximum absolute atomic E-state index is 12.5. The van der Waals surface area contributed by atoms with E-state index in [1.165, 1.54) is 14.2 Å². The molecule has 1 aromatic carbocycles. The van der Waals surface area contributed by atoms with Gasteiger partial charge in [0.15, 0.2) is 16.6 Å². The van der Waals surface area contributed by atoms with E-state index in [4.69, 9.17) is 9.47 Å². The highest BCUT2D eigenvalue weighted by Gasteiger charge is 2.21. The monoisotopic (exact) mass is 404 g/mol. The number of nitrogens with zero attached hydrogens (tertiary/aromatic N) is 3. The van der Waals surface area contributed by atoms with Crippen molar-refractivity contribution in [2.24, 2.45) is 0 Å². The summed E-state index contributed by atoms with van der Waals surface area (Å²) in [5.74, 6) is 0.601. The first-order chi connectivity index (χ1) is 13.6. The fourth-order valence-corrected chi connectivity index (χ4v) is 3.77. The molecule has 1 aromatic heterocycles. The lowest BCUT2D eigenvalue weighted by Crippen LogP contribution is -2.42. The molecule has 28 heavy (non-hydrogen) atoms. The number of nitrogens with one attached hydrogen (secondary N) is 1. The molecule has 1 N–H and O–H groups in total. The van der Waals surface area contributed by atoms with E-state index in [0.29, 0.717) is 30.2 Å². The summed E-state index contributed by atoms with van der Waals surface area (Å²) in [6.07, 6.45) is 2.66. The molecule has 0 bridgehead atoms. The first-order valence-electron chi connectivity index (χ1n) is 9.05. The molecule has 0 radical (unpaired) electrons. The number of benzene rings is 1. The van der Waals surface area contributed by atoms with Crippen molar-refractivity contribution in [3.63, 3.8) is 0 Å². The van der Waals surface area contributed by atoms with E-state index in [9.17, 15) is 9.59 Å². The van der Waals surface area contributed by atoms with Gasteiger partial charge in [0.2, 0.25) is 5.91 Å². The number of carbonyl (C=O) groups is 2. The van der Waals surface area contributed by atoms with Gasteiger partial charge in [-0.25, -0.2) is 4.98 Å². The summed E-state index contributed by atoms with van der Waals surface area (Å²) in [5.41, 5.74) is 0.413. The molecule has 0 saturated carbocycles. The van der Waals surface area contributed by atoms with Crippen LogP contribution in [0, 0.1) is 0 Å². The van der Waals surface area contributed by atoms with Crippen LogP contribution in [0.1, 0.15) is 16.8 Å².